The van der Waals surface area contributed by atoms with Crippen molar-refractivity contribution in [3.8, 4) is 0 Å². The van der Waals surface area contributed by atoms with Gasteiger partial charge >= 0.3 is 0 Å². The lowest BCUT2D eigenvalue weighted by Gasteiger charge is -2.07. The molecule has 22 heavy (non-hydrogen) atoms. The SMILES string of the molecule is CCCn1nc(C)c(CNc2ncnc3onc(C)c23)c1C. The third-order valence-corrected chi connectivity index (χ3v) is 3.84. The molecule has 116 valence electrons. The molecule has 3 rings (SSSR count). The molecule has 0 fully saturated rings. The van der Waals surface area contributed by atoms with Crippen LogP contribution in [-0.4, -0.2) is 24.9 Å². The summed E-state index contributed by atoms with van der Waals surface area (Å²) in [4.78, 5) is 8.39. The molecule has 3 aromatic heterocycles. The molecule has 1 N–H and O–H groups in total. The average Bonchev–Trinajstić information content (AvgIpc) is 3.00. The van der Waals surface area contributed by atoms with Crippen molar-refractivity contribution in [2.45, 2.75) is 47.2 Å². The van der Waals surface area contributed by atoms with Crippen LogP contribution in [0.2, 0.25) is 0 Å². The summed E-state index contributed by atoms with van der Waals surface area (Å²) in [6.45, 7) is 9.79. The first-order chi connectivity index (χ1) is 10.6. The molecular weight excluding hydrogens is 280 g/mol. The molecule has 0 saturated heterocycles. The average molecular weight is 300 g/mol. The fraction of sp³-hybridized carbons (Fsp3) is 0.467. The summed E-state index contributed by atoms with van der Waals surface area (Å²) in [6, 6.07) is 0. The summed E-state index contributed by atoms with van der Waals surface area (Å²) >= 11 is 0. The third-order valence-electron chi connectivity index (χ3n) is 3.84. The molecule has 3 aromatic rings. The van der Waals surface area contributed by atoms with Crippen molar-refractivity contribution in [2.75, 3.05) is 5.32 Å². The molecule has 0 spiro atoms. The van der Waals surface area contributed by atoms with Gasteiger partial charge in [0.1, 0.15) is 17.5 Å². The minimum atomic E-state index is 0.505. The van der Waals surface area contributed by atoms with Gasteiger partial charge in [-0.2, -0.15) is 10.1 Å². The van der Waals surface area contributed by atoms with Gasteiger partial charge in [-0.25, -0.2) is 4.98 Å². The summed E-state index contributed by atoms with van der Waals surface area (Å²) in [5, 5.41) is 12.7. The van der Waals surface area contributed by atoms with Crippen molar-refractivity contribution in [2.24, 2.45) is 0 Å². The molecule has 0 saturated carbocycles. The van der Waals surface area contributed by atoms with Crippen LogP contribution in [0.25, 0.3) is 11.1 Å². The minimum absolute atomic E-state index is 0.505. The van der Waals surface area contributed by atoms with Gasteiger partial charge in [-0.05, 0) is 27.2 Å². The van der Waals surface area contributed by atoms with E-state index in [9.17, 15) is 0 Å². The predicted molar refractivity (Wildman–Crippen MR) is 83.7 cm³/mol. The first kappa shape index (κ1) is 14.5. The quantitative estimate of drug-likeness (QED) is 0.780. The lowest BCUT2D eigenvalue weighted by Crippen LogP contribution is -2.05. The number of fused-ring (bicyclic) bond motifs is 1. The fourth-order valence-electron chi connectivity index (χ4n) is 2.65. The summed E-state index contributed by atoms with van der Waals surface area (Å²) in [7, 11) is 0. The molecule has 3 heterocycles. The Balaban J connectivity index is 1.87. The number of hydrogen-bond acceptors (Lipinski definition) is 6. The highest BCUT2D eigenvalue weighted by Gasteiger charge is 2.14. The van der Waals surface area contributed by atoms with E-state index in [1.54, 1.807) is 0 Å². The highest BCUT2D eigenvalue weighted by molar-refractivity contribution is 5.87. The van der Waals surface area contributed by atoms with Gasteiger partial charge in [0.25, 0.3) is 5.71 Å². The van der Waals surface area contributed by atoms with Crippen LogP contribution >= 0.6 is 0 Å². The third kappa shape index (κ3) is 2.43. The Bertz CT molecular complexity index is 804. The number of aromatic nitrogens is 5. The maximum absolute atomic E-state index is 5.17. The van der Waals surface area contributed by atoms with Crippen LogP contribution in [-0.2, 0) is 13.1 Å². The van der Waals surface area contributed by atoms with E-state index in [4.69, 9.17) is 4.52 Å². The smallest absolute Gasteiger partial charge is 0.263 e. The van der Waals surface area contributed by atoms with Crippen molar-refractivity contribution in [3.05, 3.63) is 29.0 Å². The second-order valence-corrected chi connectivity index (χ2v) is 5.40. The van der Waals surface area contributed by atoms with Crippen LogP contribution in [0.5, 0.6) is 0 Å². The van der Waals surface area contributed by atoms with Crippen LogP contribution in [0.4, 0.5) is 5.82 Å². The molecule has 0 unspecified atom stereocenters. The second-order valence-electron chi connectivity index (χ2n) is 5.40. The number of anilines is 1. The first-order valence-corrected chi connectivity index (χ1v) is 7.45. The van der Waals surface area contributed by atoms with E-state index in [0.29, 0.717) is 12.3 Å². The van der Waals surface area contributed by atoms with E-state index in [-0.39, 0.29) is 0 Å². The number of rotatable bonds is 5. The molecule has 0 aliphatic rings. The van der Waals surface area contributed by atoms with Crippen molar-refractivity contribution in [1.82, 2.24) is 24.9 Å². The largest absolute Gasteiger partial charge is 0.365 e. The van der Waals surface area contributed by atoms with Crippen molar-refractivity contribution >= 4 is 16.9 Å². The lowest BCUT2D eigenvalue weighted by molar-refractivity contribution is 0.442. The fourth-order valence-corrected chi connectivity index (χ4v) is 2.65. The van der Waals surface area contributed by atoms with E-state index in [2.05, 4.69) is 44.1 Å². The van der Waals surface area contributed by atoms with Gasteiger partial charge in [0, 0.05) is 24.3 Å². The zero-order valence-corrected chi connectivity index (χ0v) is 13.3. The van der Waals surface area contributed by atoms with Crippen LogP contribution in [0.1, 0.15) is 36.0 Å². The number of hydrogen-bond donors (Lipinski definition) is 1. The first-order valence-electron chi connectivity index (χ1n) is 7.45. The number of nitrogens with one attached hydrogen (secondary N) is 1. The van der Waals surface area contributed by atoms with E-state index in [1.165, 1.54) is 17.6 Å². The monoisotopic (exact) mass is 300 g/mol. The number of nitrogens with zero attached hydrogens (tertiary/aromatic N) is 5. The highest BCUT2D eigenvalue weighted by atomic mass is 16.5. The second kappa shape index (κ2) is 5.75. The summed E-state index contributed by atoms with van der Waals surface area (Å²) < 4.78 is 7.23. The summed E-state index contributed by atoms with van der Waals surface area (Å²) in [6.07, 6.45) is 2.55. The molecule has 0 radical (unpaired) electrons. The van der Waals surface area contributed by atoms with E-state index >= 15 is 0 Å². The predicted octanol–water partition coefficient (Wildman–Crippen LogP) is 2.76. The van der Waals surface area contributed by atoms with Gasteiger partial charge < -0.3 is 9.84 Å². The number of aryl methyl sites for hydroxylation is 3. The van der Waals surface area contributed by atoms with Crippen LogP contribution in [0, 0.1) is 20.8 Å². The van der Waals surface area contributed by atoms with Crippen LogP contribution < -0.4 is 5.32 Å². The molecule has 7 heteroatoms. The Labute approximate surface area is 128 Å². The Morgan fingerprint density at radius 3 is 2.77 bits per heavy atom. The maximum atomic E-state index is 5.17. The molecular formula is C15H20N6O. The van der Waals surface area contributed by atoms with Crippen molar-refractivity contribution < 1.29 is 4.52 Å². The van der Waals surface area contributed by atoms with E-state index < -0.39 is 0 Å². The Kier molecular flexibility index (Phi) is 3.79. The van der Waals surface area contributed by atoms with E-state index in [0.717, 1.165) is 35.6 Å². The Hall–Kier alpha value is -2.44. The molecule has 0 bridgehead atoms. The molecule has 0 aliphatic heterocycles. The van der Waals surface area contributed by atoms with Gasteiger partial charge in [-0.15, -0.1) is 0 Å². The van der Waals surface area contributed by atoms with Gasteiger partial charge in [0.15, 0.2) is 0 Å². The van der Waals surface area contributed by atoms with Gasteiger partial charge in [-0.3, -0.25) is 4.68 Å². The Morgan fingerprint density at radius 2 is 2.00 bits per heavy atom. The van der Waals surface area contributed by atoms with Gasteiger partial charge in [-0.1, -0.05) is 12.1 Å². The van der Waals surface area contributed by atoms with Gasteiger partial charge in [0.05, 0.1) is 11.4 Å². The summed E-state index contributed by atoms with van der Waals surface area (Å²) in [5.41, 5.74) is 4.73. The standard InChI is InChI=1S/C15H20N6O/c1-5-6-21-11(4)12(9(2)19-21)7-16-14-13-10(3)20-22-15(13)18-8-17-14/h8H,5-7H2,1-4H3,(H,16,17,18). The normalized spacial score (nSPS) is 11.3. The van der Waals surface area contributed by atoms with E-state index in [1.807, 2.05) is 13.8 Å². The van der Waals surface area contributed by atoms with Crippen molar-refractivity contribution in [3.63, 3.8) is 0 Å². The zero-order chi connectivity index (χ0) is 15.7. The molecule has 0 amide bonds. The minimum Gasteiger partial charge on any atom is -0.365 e. The Morgan fingerprint density at radius 1 is 1.18 bits per heavy atom. The molecule has 0 aliphatic carbocycles. The topological polar surface area (TPSA) is 81.7 Å². The highest BCUT2D eigenvalue weighted by Crippen LogP contribution is 2.23. The van der Waals surface area contributed by atoms with Gasteiger partial charge in [0.2, 0.25) is 0 Å². The van der Waals surface area contributed by atoms with Crippen LogP contribution in [0.15, 0.2) is 10.9 Å². The molecule has 0 atom stereocenters. The molecule has 0 aromatic carbocycles. The lowest BCUT2D eigenvalue weighted by atomic mass is 10.2. The summed E-state index contributed by atoms with van der Waals surface area (Å²) in [5.74, 6) is 0.741. The maximum Gasteiger partial charge on any atom is 0.263 e. The molecule has 7 nitrogen and oxygen atoms in total. The van der Waals surface area contributed by atoms with Crippen LogP contribution in [0.3, 0.4) is 0 Å². The zero-order valence-electron chi connectivity index (χ0n) is 13.3. The van der Waals surface area contributed by atoms with Crippen molar-refractivity contribution in [1.29, 1.82) is 0 Å².